The van der Waals surface area contributed by atoms with Gasteiger partial charge in [0.15, 0.2) is 5.56 Å². The van der Waals surface area contributed by atoms with E-state index in [1.54, 1.807) is 0 Å². The van der Waals surface area contributed by atoms with Gasteiger partial charge in [-0.25, -0.2) is 4.79 Å². The van der Waals surface area contributed by atoms with Crippen molar-refractivity contribution in [1.29, 1.82) is 0 Å². The Bertz CT molecular complexity index is 445. The highest BCUT2D eigenvalue weighted by Gasteiger charge is 2.24. The number of nitro benzene ring substituents is 1. The van der Waals surface area contributed by atoms with Crippen molar-refractivity contribution in [3.8, 4) is 5.75 Å². The van der Waals surface area contributed by atoms with Crippen molar-refractivity contribution in [3.63, 3.8) is 0 Å². The monoisotopic (exact) mass is 255 g/mol. The second kappa shape index (κ2) is 6.55. The fourth-order valence-corrected chi connectivity index (χ4v) is 1.39. The Kier molecular flexibility index (Phi) is 5.06. The number of nitrogens with zero attached hydrogens (tertiary/aromatic N) is 1. The van der Waals surface area contributed by atoms with Gasteiger partial charge in [-0.2, -0.15) is 0 Å². The Labute approximate surface area is 103 Å². The van der Waals surface area contributed by atoms with Crippen LogP contribution < -0.4 is 4.74 Å². The summed E-state index contributed by atoms with van der Waals surface area (Å²) in [5, 5.41) is 19.7. The van der Waals surface area contributed by atoms with Crippen molar-refractivity contribution in [2.75, 3.05) is 20.3 Å². The molecular formula is C11H13NO6. The molecule has 7 heteroatoms. The van der Waals surface area contributed by atoms with E-state index >= 15 is 0 Å². The van der Waals surface area contributed by atoms with Gasteiger partial charge < -0.3 is 14.6 Å². The summed E-state index contributed by atoms with van der Waals surface area (Å²) in [5.41, 5.74) is -0.911. The zero-order valence-electron chi connectivity index (χ0n) is 9.79. The molecule has 0 saturated carbocycles. The van der Waals surface area contributed by atoms with Crippen molar-refractivity contribution < 1.29 is 24.3 Å². The van der Waals surface area contributed by atoms with Crippen molar-refractivity contribution in [3.05, 3.63) is 33.9 Å². The number of carboxylic acids is 1. The second-order valence-electron chi connectivity index (χ2n) is 3.41. The molecule has 1 N–H and O–H groups in total. The van der Waals surface area contributed by atoms with Gasteiger partial charge in [0.2, 0.25) is 0 Å². The highest BCUT2D eigenvalue weighted by molar-refractivity contribution is 5.95. The summed E-state index contributed by atoms with van der Waals surface area (Å²) in [6.45, 7) is 0.701. The first-order valence-corrected chi connectivity index (χ1v) is 5.20. The highest BCUT2D eigenvalue weighted by Crippen LogP contribution is 2.28. The van der Waals surface area contributed by atoms with Gasteiger partial charge in [-0.05, 0) is 6.07 Å². The Balaban J connectivity index is 2.93. The molecule has 0 heterocycles. The van der Waals surface area contributed by atoms with Crippen LogP contribution in [0.2, 0.25) is 0 Å². The molecule has 0 amide bonds. The van der Waals surface area contributed by atoms with Crippen LogP contribution in [-0.2, 0) is 4.74 Å². The summed E-state index contributed by atoms with van der Waals surface area (Å²) < 4.78 is 10.0. The first-order valence-electron chi connectivity index (χ1n) is 5.20. The van der Waals surface area contributed by atoms with E-state index in [1.807, 2.05) is 0 Å². The summed E-state index contributed by atoms with van der Waals surface area (Å²) in [5.74, 6) is -1.39. The molecule has 0 aliphatic rings. The molecule has 0 unspecified atom stereocenters. The maximum absolute atomic E-state index is 11.0. The smallest absolute Gasteiger partial charge is 0.346 e. The minimum Gasteiger partial charge on any atom is -0.492 e. The Hall–Kier alpha value is -2.15. The third-order valence-corrected chi connectivity index (χ3v) is 2.17. The van der Waals surface area contributed by atoms with Gasteiger partial charge in [-0.3, -0.25) is 10.1 Å². The van der Waals surface area contributed by atoms with E-state index in [1.165, 1.54) is 19.2 Å². The van der Waals surface area contributed by atoms with Crippen LogP contribution in [0.5, 0.6) is 5.75 Å². The average molecular weight is 255 g/mol. The SMILES string of the molecule is COCCCOc1cccc([N+](=O)[O-])c1C(=O)O. The van der Waals surface area contributed by atoms with E-state index in [9.17, 15) is 14.9 Å². The largest absolute Gasteiger partial charge is 0.492 e. The summed E-state index contributed by atoms with van der Waals surface area (Å²) in [6, 6.07) is 3.91. The molecular weight excluding hydrogens is 242 g/mol. The Morgan fingerprint density at radius 1 is 1.44 bits per heavy atom. The van der Waals surface area contributed by atoms with Crippen molar-refractivity contribution in [2.45, 2.75) is 6.42 Å². The van der Waals surface area contributed by atoms with Crippen molar-refractivity contribution >= 4 is 11.7 Å². The van der Waals surface area contributed by atoms with E-state index in [2.05, 4.69) is 0 Å². The lowest BCUT2D eigenvalue weighted by molar-refractivity contribution is -0.385. The molecule has 0 fully saturated rings. The zero-order valence-corrected chi connectivity index (χ0v) is 9.79. The Morgan fingerprint density at radius 2 is 2.17 bits per heavy atom. The second-order valence-corrected chi connectivity index (χ2v) is 3.41. The maximum atomic E-state index is 11.0. The van der Waals surface area contributed by atoms with Gasteiger partial charge in [-0.15, -0.1) is 0 Å². The molecule has 18 heavy (non-hydrogen) atoms. The van der Waals surface area contributed by atoms with Crippen LogP contribution in [0.15, 0.2) is 18.2 Å². The number of rotatable bonds is 7. The molecule has 0 saturated heterocycles. The number of ether oxygens (including phenoxy) is 2. The number of carbonyl (C=O) groups is 1. The highest BCUT2D eigenvalue weighted by atomic mass is 16.6. The summed E-state index contributed by atoms with van der Waals surface area (Å²) in [4.78, 5) is 21.0. The molecule has 1 aromatic rings. The van der Waals surface area contributed by atoms with Crippen molar-refractivity contribution in [2.24, 2.45) is 0 Å². The zero-order chi connectivity index (χ0) is 13.5. The van der Waals surface area contributed by atoms with Crippen LogP contribution in [0, 0.1) is 10.1 Å². The first kappa shape index (κ1) is 13.9. The fraction of sp³-hybridized carbons (Fsp3) is 0.364. The van der Waals surface area contributed by atoms with E-state index < -0.39 is 22.1 Å². The van der Waals surface area contributed by atoms with Crippen LogP contribution in [0.3, 0.4) is 0 Å². The van der Waals surface area contributed by atoms with Crippen LogP contribution in [-0.4, -0.2) is 36.3 Å². The molecule has 98 valence electrons. The number of benzene rings is 1. The number of hydrogen-bond donors (Lipinski definition) is 1. The number of nitro groups is 1. The molecule has 0 bridgehead atoms. The predicted octanol–water partition coefficient (Wildman–Crippen LogP) is 1.71. The van der Waals surface area contributed by atoms with Crippen LogP contribution in [0.1, 0.15) is 16.8 Å². The molecule has 7 nitrogen and oxygen atoms in total. The molecule has 1 aromatic carbocycles. The van der Waals surface area contributed by atoms with Crippen LogP contribution in [0.25, 0.3) is 0 Å². The molecule has 0 spiro atoms. The van der Waals surface area contributed by atoms with E-state index in [-0.39, 0.29) is 12.4 Å². The summed E-state index contributed by atoms with van der Waals surface area (Å²) in [7, 11) is 1.54. The molecule has 0 atom stereocenters. The predicted molar refractivity (Wildman–Crippen MR) is 62.0 cm³/mol. The number of aromatic carboxylic acids is 1. The molecule has 1 rings (SSSR count). The summed E-state index contributed by atoms with van der Waals surface area (Å²) in [6.07, 6.45) is 0.568. The lowest BCUT2D eigenvalue weighted by Crippen LogP contribution is -2.08. The molecule has 0 aliphatic carbocycles. The van der Waals surface area contributed by atoms with Gasteiger partial charge in [0.25, 0.3) is 5.69 Å². The normalized spacial score (nSPS) is 10.1. The minimum absolute atomic E-state index is 0.00666. The fourth-order valence-electron chi connectivity index (χ4n) is 1.39. The summed E-state index contributed by atoms with van der Waals surface area (Å²) >= 11 is 0. The van der Waals surface area contributed by atoms with Gasteiger partial charge in [0.05, 0.1) is 11.5 Å². The average Bonchev–Trinajstić information content (AvgIpc) is 2.33. The van der Waals surface area contributed by atoms with E-state index in [0.29, 0.717) is 13.0 Å². The van der Waals surface area contributed by atoms with E-state index in [4.69, 9.17) is 14.6 Å². The van der Waals surface area contributed by atoms with Crippen LogP contribution >= 0.6 is 0 Å². The van der Waals surface area contributed by atoms with Gasteiger partial charge in [-0.1, -0.05) is 6.07 Å². The van der Waals surface area contributed by atoms with Crippen molar-refractivity contribution in [1.82, 2.24) is 0 Å². The lowest BCUT2D eigenvalue weighted by Gasteiger charge is -2.08. The van der Waals surface area contributed by atoms with E-state index in [0.717, 1.165) is 6.07 Å². The van der Waals surface area contributed by atoms with Gasteiger partial charge in [0, 0.05) is 26.2 Å². The topological polar surface area (TPSA) is 98.9 Å². The lowest BCUT2D eigenvalue weighted by atomic mass is 10.1. The third-order valence-electron chi connectivity index (χ3n) is 2.17. The number of carboxylic acid groups (broad SMARTS) is 1. The number of methoxy groups -OCH3 is 1. The first-order chi connectivity index (χ1) is 8.57. The standard InChI is InChI=1S/C11H13NO6/c1-17-6-3-7-18-9-5-2-4-8(12(15)16)10(9)11(13)14/h2,4-5H,3,6-7H2,1H3,(H,13,14). The van der Waals surface area contributed by atoms with Gasteiger partial charge >= 0.3 is 5.97 Å². The molecule has 0 aliphatic heterocycles. The molecule has 0 radical (unpaired) electrons. The third kappa shape index (κ3) is 3.42. The van der Waals surface area contributed by atoms with Crippen LogP contribution in [0.4, 0.5) is 5.69 Å². The number of hydrogen-bond acceptors (Lipinski definition) is 5. The molecule has 0 aromatic heterocycles. The van der Waals surface area contributed by atoms with Gasteiger partial charge in [0.1, 0.15) is 5.75 Å². The maximum Gasteiger partial charge on any atom is 0.346 e. The quantitative estimate of drug-likeness (QED) is 0.452. The minimum atomic E-state index is -1.39. The Morgan fingerprint density at radius 3 is 2.72 bits per heavy atom.